The topological polar surface area (TPSA) is 67.6 Å². The molecule has 0 aromatic heterocycles. The molecule has 1 amide bonds. The van der Waals surface area contributed by atoms with Gasteiger partial charge in [-0.1, -0.05) is 6.92 Å². The number of nitrogens with zero attached hydrogens (tertiary/aromatic N) is 1. The van der Waals surface area contributed by atoms with E-state index in [0.717, 1.165) is 19.1 Å². The molecule has 5 heteroatoms. The molecule has 0 heterocycles. The fourth-order valence-corrected chi connectivity index (χ4v) is 1.75. The third-order valence-electron chi connectivity index (χ3n) is 2.85. The molecule has 16 heavy (non-hydrogen) atoms. The van der Waals surface area contributed by atoms with Crippen LogP contribution in [0.5, 0.6) is 0 Å². The Kier molecular flexibility index (Phi) is 5.73. The van der Waals surface area contributed by atoms with Crippen molar-refractivity contribution in [1.82, 2.24) is 10.2 Å². The van der Waals surface area contributed by atoms with E-state index in [9.17, 15) is 4.79 Å². The molecule has 1 atom stereocenters. The highest BCUT2D eigenvalue weighted by Crippen LogP contribution is 2.25. The molecular formula is C11H23N3O2. The van der Waals surface area contributed by atoms with E-state index in [0.29, 0.717) is 6.54 Å². The lowest BCUT2D eigenvalue weighted by Gasteiger charge is -2.20. The number of ether oxygens (including phenoxy) is 1. The summed E-state index contributed by atoms with van der Waals surface area (Å²) in [5.74, 6) is -0.131. The average molecular weight is 229 g/mol. The Morgan fingerprint density at radius 1 is 1.62 bits per heavy atom. The Morgan fingerprint density at radius 2 is 2.31 bits per heavy atom. The van der Waals surface area contributed by atoms with Crippen LogP contribution in [0, 0.1) is 0 Å². The predicted molar refractivity (Wildman–Crippen MR) is 63.1 cm³/mol. The third-order valence-corrected chi connectivity index (χ3v) is 2.85. The number of carbonyl (C=O) groups is 1. The Morgan fingerprint density at radius 3 is 2.81 bits per heavy atom. The van der Waals surface area contributed by atoms with Crippen molar-refractivity contribution < 1.29 is 9.53 Å². The van der Waals surface area contributed by atoms with Crippen molar-refractivity contribution in [3.05, 3.63) is 0 Å². The van der Waals surface area contributed by atoms with Gasteiger partial charge in [-0.15, -0.1) is 0 Å². The molecule has 0 aromatic carbocycles. The molecule has 0 spiro atoms. The maximum atomic E-state index is 11.5. The molecule has 1 aliphatic rings. The van der Waals surface area contributed by atoms with Crippen molar-refractivity contribution in [2.45, 2.75) is 31.8 Å². The number of nitrogens with two attached hydrogens (primary N) is 1. The quantitative estimate of drug-likeness (QED) is 0.592. The second kappa shape index (κ2) is 6.83. The van der Waals surface area contributed by atoms with Crippen LogP contribution in [-0.2, 0) is 9.53 Å². The molecule has 0 bridgehead atoms. The van der Waals surface area contributed by atoms with Crippen LogP contribution < -0.4 is 11.1 Å². The van der Waals surface area contributed by atoms with Gasteiger partial charge in [0, 0.05) is 26.2 Å². The van der Waals surface area contributed by atoms with E-state index in [-0.39, 0.29) is 12.5 Å². The van der Waals surface area contributed by atoms with E-state index in [1.54, 1.807) is 7.11 Å². The van der Waals surface area contributed by atoms with Crippen LogP contribution in [0.15, 0.2) is 0 Å². The van der Waals surface area contributed by atoms with Crippen LogP contribution in [0.3, 0.4) is 0 Å². The normalized spacial score (nSPS) is 17.5. The highest BCUT2D eigenvalue weighted by molar-refractivity contribution is 5.81. The fraction of sp³-hybridized carbons (Fsp3) is 0.909. The SMILES string of the molecule is CCN(CCNC(=O)C(N)COC)C1CC1. The molecule has 1 aliphatic carbocycles. The Labute approximate surface area is 97.3 Å². The average Bonchev–Trinajstić information content (AvgIpc) is 3.08. The van der Waals surface area contributed by atoms with E-state index in [1.807, 2.05) is 0 Å². The summed E-state index contributed by atoms with van der Waals surface area (Å²) in [6, 6.07) is 0.190. The van der Waals surface area contributed by atoms with Gasteiger partial charge in [-0.2, -0.15) is 0 Å². The number of nitrogens with one attached hydrogen (secondary N) is 1. The van der Waals surface area contributed by atoms with Crippen LogP contribution in [0.25, 0.3) is 0 Å². The lowest BCUT2D eigenvalue weighted by molar-refractivity contribution is -0.123. The first-order valence-electron chi connectivity index (χ1n) is 5.95. The standard InChI is InChI=1S/C11H23N3O2/c1-3-14(9-4-5-9)7-6-13-11(15)10(12)8-16-2/h9-10H,3-8,12H2,1-2H3,(H,13,15). The van der Waals surface area contributed by atoms with Crippen molar-refractivity contribution in [3.8, 4) is 0 Å². The third kappa shape index (κ3) is 4.47. The van der Waals surface area contributed by atoms with Crippen molar-refractivity contribution in [1.29, 1.82) is 0 Å². The maximum Gasteiger partial charge on any atom is 0.239 e. The summed E-state index contributed by atoms with van der Waals surface area (Å²) in [7, 11) is 1.54. The Hall–Kier alpha value is -0.650. The summed E-state index contributed by atoms with van der Waals surface area (Å²) in [6.07, 6.45) is 2.59. The molecule has 1 fully saturated rings. The zero-order chi connectivity index (χ0) is 12.0. The zero-order valence-electron chi connectivity index (χ0n) is 10.2. The first kappa shape index (κ1) is 13.4. The second-order valence-corrected chi connectivity index (χ2v) is 4.21. The summed E-state index contributed by atoms with van der Waals surface area (Å²) in [6.45, 7) is 5.04. The number of rotatable bonds is 8. The van der Waals surface area contributed by atoms with Gasteiger partial charge >= 0.3 is 0 Å². The number of carbonyl (C=O) groups excluding carboxylic acids is 1. The van der Waals surface area contributed by atoms with Crippen molar-refractivity contribution in [3.63, 3.8) is 0 Å². The molecule has 94 valence electrons. The van der Waals surface area contributed by atoms with E-state index in [2.05, 4.69) is 17.1 Å². The highest BCUT2D eigenvalue weighted by atomic mass is 16.5. The molecule has 5 nitrogen and oxygen atoms in total. The van der Waals surface area contributed by atoms with E-state index >= 15 is 0 Å². The minimum Gasteiger partial charge on any atom is -0.383 e. The smallest absolute Gasteiger partial charge is 0.239 e. The number of amides is 1. The van der Waals surface area contributed by atoms with Gasteiger partial charge in [0.2, 0.25) is 5.91 Å². The summed E-state index contributed by atoms with van der Waals surface area (Å²) >= 11 is 0. The van der Waals surface area contributed by atoms with E-state index in [4.69, 9.17) is 10.5 Å². The predicted octanol–water partition coefficient (Wildman–Crippen LogP) is -0.439. The van der Waals surface area contributed by atoms with Gasteiger partial charge in [-0.25, -0.2) is 0 Å². The Balaban J connectivity index is 2.11. The van der Waals surface area contributed by atoms with Crippen molar-refractivity contribution in [2.75, 3.05) is 33.4 Å². The summed E-state index contributed by atoms with van der Waals surface area (Å²) in [4.78, 5) is 13.8. The number of hydrogen-bond acceptors (Lipinski definition) is 4. The van der Waals surface area contributed by atoms with Crippen LogP contribution in [0.2, 0.25) is 0 Å². The largest absolute Gasteiger partial charge is 0.383 e. The monoisotopic (exact) mass is 229 g/mol. The van der Waals surface area contributed by atoms with Crippen LogP contribution >= 0.6 is 0 Å². The lowest BCUT2D eigenvalue weighted by Crippen LogP contribution is -2.46. The Bertz CT molecular complexity index is 219. The van der Waals surface area contributed by atoms with Crippen molar-refractivity contribution >= 4 is 5.91 Å². The molecule has 0 radical (unpaired) electrons. The van der Waals surface area contributed by atoms with Gasteiger partial charge in [0.05, 0.1) is 6.61 Å². The zero-order valence-corrected chi connectivity index (χ0v) is 10.2. The summed E-state index contributed by atoms with van der Waals surface area (Å²) in [5.41, 5.74) is 5.60. The fourth-order valence-electron chi connectivity index (χ4n) is 1.75. The van der Waals surface area contributed by atoms with Crippen LogP contribution in [0.4, 0.5) is 0 Å². The minimum absolute atomic E-state index is 0.131. The molecule has 3 N–H and O–H groups in total. The number of methoxy groups -OCH3 is 1. The highest BCUT2D eigenvalue weighted by Gasteiger charge is 2.27. The van der Waals surface area contributed by atoms with Crippen LogP contribution in [0.1, 0.15) is 19.8 Å². The molecule has 0 aliphatic heterocycles. The molecular weight excluding hydrogens is 206 g/mol. The van der Waals surface area contributed by atoms with Gasteiger partial charge in [0.15, 0.2) is 0 Å². The molecule has 1 rings (SSSR count). The van der Waals surface area contributed by atoms with Gasteiger partial charge < -0.3 is 15.8 Å². The van der Waals surface area contributed by atoms with Gasteiger partial charge in [-0.05, 0) is 19.4 Å². The first-order valence-corrected chi connectivity index (χ1v) is 5.95. The molecule has 0 saturated heterocycles. The van der Waals surface area contributed by atoms with E-state index in [1.165, 1.54) is 12.8 Å². The molecule has 1 unspecified atom stereocenters. The lowest BCUT2D eigenvalue weighted by atomic mass is 10.3. The van der Waals surface area contributed by atoms with Gasteiger partial charge in [0.25, 0.3) is 0 Å². The number of hydrogen-bond donors (Lipinski definition) is 2. The maximum absolute atomic E-state index is 11.5. The first-order chi connectivity index (χ1) is 7.69. The summed E-state index contributed by atoms with van der Waals surface area (Å²) < 4.78 is 4.83. The van der Waals surface area contributed by atoms with Gasteiger partial charge in [0.1, 0.15) is 6.04 Å². The number of likely N-dealkylation sites (N-methyl/N-ethyl adjacent to an activating group) is 1. The van der Waals surface area contributed by atoms with Gasteiger partial charge in [-0.3, -0.25) is 9.69 Å². The molecule has 1 saturated carbocycles. The minimum atomic E-state index is -0.555. The molecule has 0 aromatic rings. The van der Waals surface area contributed by atoms with Crippen LogP contribution in [-0.4, -0.2) is 56.2 Å². The van der Waals surface area contributed by atoms with E-state index < -0.39 is 6.04 Å². The second-order valence-electron chi connectivity index (χ2n) is 4.21. The van der Waals surface area contributed by atoms with Crippen molar-refractivity contribution in [2.24, 2.45) is 5.73 Å². The summed E-state index contributed by atoms with van der Waals surface area (Å²) in [5, 5.41) is 2.83.